The molecule has 0 bridgehead atoms. The summed E-state index contributed by atoms with van der Waals surface area (Å²) < 4.78 is 0. The van der Waals surface area contributed by atoms with Crippen LogP contribution in [0.5, 0.6) is 0 Å². The van der Waals surface area contributed by atoms with Gasteiger partial charge in [0.25, 0.3) is 0 Å². The SMILES string of the molecule is CNCc1cnc(N2CCCNC(=O)C2)nc1. The lowest BCUT2D eigenvalue weighted by Crippen LogP contribution is -2.34. The van der Waals surface area contributed by atoms with Crippen LogP contribution in [-0.2, 0) is 11.3 Å². The second-order valence-corrected chi connectivity index (χ2v) is 4.05. The van der Waals surface area contributed by atoms with Gasteiger partial charge in [0.2, 0.25) is 11.9 Å². The third-order valence-electron chi connectivity index (χ3n) is 2.62. The first kappa shape index (κ1) is 11.8. The first-order valence-corrected chi connectivity index (χ1v) is 5.77. The van der Waals surface area contributed by atoms with E-state index in [1.54, 1.807) is 12.4 Å². The van der Waals surface area contributed by atoms with E-state index in [4.69, 9.17) is 0 Å². The van der Waals surface area contributed by atoms with Crippen molar-refractivity contribution in [3.8, 4) is 0 Å². The Morgan fingerprint density at radius 1 is 1.47 bits per heavy atom. The van der Waals surface area contributed by atoms with Gasteiger partial charge in [-0.05, 0) is 13.5 Å². The highest BCUT2D eigenvalue weighted by Crippen LogP contribution is 2.08. The molecule has 1 aromatic rings. The van der Waals surface area contributed by atoms with Gasteiger partial charge in [0.15, 0.2) is 0 Å². The van der Waals surface area contributed by atoms with Crippen molar-refractivity contribution in [1.29, 1.82) is 0 Å². The number of anilines is 1. The third-order valence-corrected chi connectivity index (χ3v) is 2.62. The van der Waals surface area contributed by atoms with Gasteiger partial charge >= 0.3 is 0 Å². The van der Waals surface area contributed by atoms with Gasteiger partial charge in [-0.3, -0.25) is 4.79 Å². The van der Waals surface area contributed by atoms with E-state index < -0.39 is 0 Å². The summed E-state index contributed by atoms with van der Waals surface area (Å²) in [6.07, 6.45) is 4.51. The summed E-state index contributed by atoms with van der Waals surface area (Å²) in [5, 5.41) is 5.87. The highest BCUT2D eigenvalue weighted by Gasteiger charge is 2.16. The predicted octanol–water partition coefficient (Wildman–Crippen LogP) is -0.478. The van der Waals surface area contributed by atoms with Crippen molar-refractivity contribution in [2.24, 2.45) is 0 Å². The van der Waals surface area contributed by atoms with Crippen molar-refractivity contribution < 1.29 is 4.79 Å². The standard InChI is InChI=1S/C11H17N5O/c1-12-5-9-6-14-11(15-7-9)16-4-2-3-13-10(17)8-16/h6-7,12H,2-5,8H2,1H3,(H,13,17). The van der Waals surface area contributed by atoms with Crippen LogP contribution >= 0.6 is 0 Å². The Balaban J connectivity index is 2.07. The van der Waals surface area contributed by atoms with Crippen molar-refractivity contribution in [3.05, 3.63) is 18.0 Å². The smallest absolute Gasteiger partial charge is 0.239 e. The molecule has 1 fully saturated rings. The van der Waals surface area contributed by atoms with Crippen molar-refractivity contribution in [2.45, 2.75) is 13.0 Å². The summed E-state index contributed by atoms with van der Waals surface area (Å²) in [5.41, 5.74) is 1.04. The number of hydrogen-bond acceptors (Lipinski definition) is 5. The predicted molar refractivity (Wildman–Crippen MR) is 64.6 cm³/mol. The molecule has 1 amide bonds. The van der Waals surface area contributed by atoms with Crippen LogP contribution in [0.25, 0.3) is 0 Å². The zero-order valence-electron chi connectivity index (χ0n) is 9.94. The molecular formula is C11H17N5O. The van der Waals surface area contributed by atoms with Crippen LogP contribution < -0.4 is 15.5 Å². The van der Waals surface area contributed by atoms with Crippen molar-refractivity contribution >= 4 is 11.9 Å². The minimum absolute atomic E-state index is 0.0328. The van der Waals surface area contributed by atoms with Crippen LogP contribution in [0.1, 0.15) is 12.0 Å². The van der Waals surface area contributed by atoms with Crippen molar-refractivity contribution in [2.75, 3.05) is 31.6 Å². The van der Waals surface area contributed by atoms with E-state index in [1.165, 1.54) is 0 Å². The fraction of sp³-hybridized carbons (Fsp3) is 0.545. The molecule has 0 atom stereocenters. The summed E-state index contributed by atoms with van der Waals surface area (Å²) in [6, 6.07) is 0. The molecule has 17 heavy (non-hydrogen) atoms. The van der Waals surface area contributed by atoms with Crippen LogP contribution in [0, 0.1) is 0 Å². The van der Waals surface area contributed by atoms with Crippen LogP contribution in [0.15, 0.2) is 12.4 Å². The van der Waals surface area contributed by atoms with Gasteiger partial charge in [-0.1, -0.05) is 0 Å². The number of hydrogen-bond donors (Lipinski definition) is 2. The Labute approximate surface area is 100 Å². The Hall–Kier alpha value is -1.69. The summed E-state index contributed by atoms with van der Waals surface area (Å²) in [7, 11) is 1.88. The summed E-state index contributed by atoms with van der Waals surface area (Å²) >= 11 is 0. The number of nitrogens with zero attached hydrogens (tertiary/aromatic N) is 3. The van der Waals surface area contributed by atoms with E-state index in [9.17, 15) is 4.79 Å². The second kappa shape index (κ2) is 5.58. The van der Waals surface area contributed by atoms with E-state index in [-0.39, 0.29) is 5.91 Å². The molecule has 1 aliphatic rings. The molecule has 2 heterocycles. The molecule has 0 radical (unpaired) electrons. The van der Waals surface area contributed by atoms with Gasteiger partial charge in [-0.2, -0.15) is 0 Å². The van der Waals surface area contributed by atoms with Gasteiger partial charge in [0, 0.05) is 37.6 Å². The minimum Gasteiger partial charge on any atom is -0.354 e. The van der Waals surface area contributed by atoms with Gasteiger partial charge in [0.05, 0.1) is 6.54 Å². The monoisotopic (exact) mass is 235 g/mol. The summed E-state index contributed by atoms with van der Waals surface area (Å²) in [4.78, 5) is 21.9. The molecule has 0 aliphatic carbocycles. The molecule has 0 saturated carbocycles. The molecule has 2 rings (SSSR count). The quantitative estimate of drug-likeness (QED) is 0.740. The zero-order valence-corrected chi connectivity index (χ0v) is 9.94. The molecule has 6 nitrogen and oxygen atoms in total. The van der Waals surface area contributed by atoms with Crippen molar-refractivity contribution in [3.63, 3.8) is 0 Å². The van der Waals surface area contributed by atoms with Crippen LogP contribution in [0.4, 0.5) is 5.95 Å². The Morgan fingerprint density at radius 3 is 2.94 bits per heavy atom. The van der Waals surface area contributed by atoms with Crippen LogP contribution in [-0.4, -0.2) is 42.6 Å². The molecule has 1 aromatic heterocycles. The van der Waals surface area contributed by atoms with E-state index in [0.29, 0.717) is 12.5 Å². The average molecular weight is 235 g/mol. The maximum Gasteiger partial charge on any atom is 0.239 e. The molecule has 0 spiro atoms. The van der Waals surface area contributed by atoms with Crippen molar-refractivity contribution in [1.82, 2.24) is 20.6 Å². The average Bonchev–Trinajstić information content (AvgIpc) is 2.55. The molecule has 1 aliphatic heterocycles. The minimum atomic E-state index is 0.0328. The second-order valence-electron chi connectivity index (χ2n) is 4.05. The first-order chi connectivity index (χ1) is 8.29. The van der Waals surface area contributed by atoms with Crippen LogP contribution in [0.2, 0.25) is 0 Å². The highest BCUT2D eigenvalue weighted by atomic mass is 16.2. The molecule has 92 valence electrons. The zero-order chi connectivity index (χ0) is 12.1. The number of carbonyl (C=O) groups is 1. The summed E-state index contributed by atoms with van der Waals surface area (Å²) in [5.74, 6) is 0.660. The Morgan fingerprint density at radius 2 is 2.24 bits per heavy atom. The van der Waals surface area contributed by atoms with E-state index in [0.717, 1.165) is 31.6 Å². The maximum atomic E-state index is 11.4. The number of rotatable bonds is 3. The maximum absolute atomic E-state index is 11.4. The largest absolute Gasteiger partial charge is 0.354 e. The molecule has 6 heteroatoms. The van der Waals surface area contributed by atoms with Gasteiger partial charge in [-0.25, -0.2) is 9.97 Å². The van der Waals surface area contributed by atoms with Gasteiger partial charge in [-0.15, -0.1) is 0 Å². The molecule has 0 aromatic carbocycles. The Kier molecular flexibility index (Phi) is 3.87. The van der Waals surface area contributed by atoms with E-state index in [1.807, 2.05) is 11.9 Å². The summed E-state index contributed by atoms with van der Waals surface area (Å²) in [6.45, 7) is 2.63. The number of nitrogens with one attached hydrogen (secondary N) is 2. The highest BCUT2D eigenvalue weighted by molar-refractivity contribution is 5.81. The lowest BCUT2D eigenvalue weighted by Gasteiger charge is -2.18. The third kappa shape index (κ3) is 3.13. The number of amides is 1. The lowest BCUT2D eigenvalue weighted by atomic mass is 10.3. The fourth-order valence-corrected chi connectivity index (χ4v) is 1.78. The fourth-order valence-electron chi connectivity index (χ4n) is 1.78. The van der Waals surface area contributed by atoms with Gasteiger partial charge in [0.1, 0.15) is 0 Å². The molecule has 2 N–H and O–H groups in total. The molecular weight excluding hydrogens is 218 g/mol. The number of aromatic nitrogens is 2. The topological polar surface area (TPSA) is 70.2 Å². The Bertz CT molecular complexity index is 378. The van der Waals surface area contributed by atoms with Gasteiger partial charge < -0.3 is 15.5 Å². The van der Waals surface area contributed by atoms with E-state index >= 15 is 0 Å². The molecule has 1 saturated heterocycles. The molecule has 0 unspecified atom stereocenters. The van der Waals surface area contributed by atoms with Crippen LogP contribution in [0.3, 0.4) is 0 Å². The first-order valence-electron chi connectivity index (χ1n) is 5.77. The van der Waals surface area contributed by atoms with E-state index in [2.05, 4.69) is 20.6 Å². The number of carbonyl (C=O) groups excluding carboxylic acids is 1. The normalized spacial score (nSPS) is 16.5. The lowest BCUT2D eigenvalue weighted by molar-refractivity contribution is -0.119.